The van der Waals surface area contributed by atoms with Gasteiger partial charge in [-0.2, -0.15) is 0 Å². The summed E-state index contributed by atoms with van der Waals surface area (Å²) in [5.41, 5.74) is 2.16. The average Bonchev–Trinajstić information content (AvgIpc) is 3.40. The van der Waals surface area contributed by atoms with Crippen LogP contribution in [0.4, 0.5) is 13.2 Å². The van der Waals surface area contributed by atoms with Crippen LogP contribution < -0.4 is 14.2 Å². The summed E-state index contributed by atoms with van der Waals surface area (Å²) >= 11 is 1.61. The van der Waals surface area contributed by atoms with E-state index in [4.69, 9.17) is 9.47 Å². The number of carbonyl (C=O) groups is 1. The summed E-state index contributed by atoms with van der Waals surface area (Å²) in [5.74, 6) is 0.624. The summed E-state index contributed by atoms with van der Waals surface area (Å²) in [4.78, 5) is 16.3. The molecule has 9 heteroatoms. The first kappa shape index (κ1) is 19.7. The van der Waals surface area contributed by atoms with Gasteiger partial charge in [-0.1, -0.05) is 12.1 Å². The molecule has 0 aliphatic carbocycles. The number of fused-ring (bicyclic) bond motifs is 2. The van der Waals surface area contributed by atoms with Crippen molar-refractivity contribution in [3.63, 3.8) is 0 Å². The number of rotatable bonds is 3. The van der Waals surface area contributed by atoms with Crippen LogP contribution in [0, 0.1) is 0 Å². The van der Waals surface area contributed by atoms with E-state index in [1.807, 2.05) is 11.4 Å². The lowest BCUT2D eigenvalue weighted by atomic mass is 9.92. The van der Waals surface area contributed by atoms with Crippen molar-refractivity contribution in [2.75, 3.05) is 13.3 Å². The van der Waals surface area contributed by atoms with E-state index in [9.17, 15) is 18.0 Å². The first-order chi connectivity index (χ1) is 14.9. The van der Waals surface area contributed by atoms with Crippen LogP contribution in [-0.2, 0) is 6.42 Å². The Balaban J connectivity index is 1.49. The Morgan fingerprint density at radius 3 is 2.61 bits per heavy atom. The Hall–Kier alpha value is -3.20. The van der Waals surface area contributed by atoms with Gasteiger partial charge >= 0.3 is 6.36 Å². The third-order valence-corrected chi connectivity index (χ3v) is 6.27. The molecule has 0 saturated heterocycles. The van der Waals surface area contributed by atoms with E-state index in [0.29, 0.717) is 29.2 Å². The molecule has 2 aliphatic rings. The number of hydrogen-bond donors (Lipinski definition) is 0. The Bertz CT molecular complexity index is 1130. The molecule has 2 aromatic carbocycles. The van der Waals surface area contributed by atoms with Gasteiger partial charge in [0.2, 0.25) is 6.79 Å². The first-order valence-corrected chi connectivity index (χ1v) is 10.4. The minimum Gasteiger partial charge on any atom is -0.454 e. The fourth-order valence-corrected chi connectivity index (χ4v) is 4.85. The maximum absolute atomic E-state index is 13.4. The SMILES string of the molecule is O=C(c1ccc2c(c1)OCO2)N1CCc2sccc2C1c1ccc(OC(F)(F)F)cc1. The second-order valence-electron chi connectivity index (χ2n) is 7.14. The molecule has 0 radical (unpaired) electrons. The van der Waals surface area contributed by atoms with Crippen LogP contribution in [0.2, 0.25) is 0 Å². The summed E-state index contributed by atoms with van der Waals surface area (Å²) < 4.78 is 52.2. The van der Waals surface area contributed by atoms with Crippen LogP contribution in [0.15, 0.2) is 53.9 Å². The Labute approximate surface area is 179 Å². The van der Waals surface area contributed by atoms with Gasteiger partial charge in [-0.25, -0.2) is 0 Å². The van der Waals surface area contributed by atoms with E-state index < -0.39 is 12.4 Å². The van der Waals surface area contributed by atoms with E-state index in [1.54, 1.807) is 46.6 Å². The van der Waals surface area contributed by atoms with Gasteiger partial charge in [0.1, 0.15) is 5.75 Å². The molecule has 1 aromatic heterocycles. The highest BCUT2D eigenvalue weighted by atomic mass is 32.1. The molecule has 3 aromatic rings. The van der Waals surface area contributed by atoms with Gasteiger partial charge in [0.15, 0.2) is 11.5 Å². The minimum atomic E-state index is -4.76. The molecule has 5 rings (SSSR count). The fourth-order valence-electron chi connectivity index (χ4n) is 3.94. The monoisotopic (exact) mass is 447 g/mol. The third-order valence-electron chi connectivity index (χ3n) is 5.28. The predicted octanol–water partition coefficient (Wildman–Crippen LogP) is 5.16. The fraction of sp³-hybridized carbons (Fsp3) is 0.227. The highest BCUT2D eigenvalue weighted by molar-refractivity contribution is 7.10. The van der Waals surface area contributed by atoms with Gasteiger partial charge in [0, 0.05) is 17.0 Å². The van der Waals surface area contributed by atoms with Gasteiger partial charge in [-0.3, -0.25) is 4.79 Å². The van der Waals surface area contributed by atoms with Gasteiger partial charge in [0.05, 0.1) is 6.04 Å². The topological polar surface area (TPSA) is 48.0 Å². The van der Waals surface area contributed by atoms with Crippen LogP contribution in [-0.4, -0.2) is 30.5 Å². The molecule has 1 atom stereocenters. The molecule has 0 saturated carbocycles. The minimum absolute atomic E-state index is 0.115. The zero-order valence-electron chi connectivity index (χ0n) is 16.0. The lowest BCUT2D eigenvalue weighted by Gasteiger charge is -2.36. The molecule has 5 nitrogen and oxygen atoms in total. The molecule has 0 spiro atoms. The summed E-state index contributed by atoms with van der Waals surface area (Å²) in [5, 5.41) is 1.97. The van der Waals surface area contributed by atoms with E-state index >= 15 is 0 Å². The number of alkyl halides is 3. The number of nitrogens with zero attached hydrogens (tertiary/aromatic N) is 1. The van der Waals surface area contributed by atoms with Gasteiger partial charge in [-0.15, -0.1) is 24.5 Å². The van der Waals surface area contributed by atoms with Crippen molar-refractivity contribution >= 4 is 17.2 Å². The quantitative estimate of drug-likeness (QED) is 0.556. The smallest absolute Gasteiger partial charge is 0.454 e. The van der Waals surface area contributed by atoms with Crippen molar-refractivity contribution in [1.82, 2.24) is 4.90 Å². The van der Waals surface area contributed by atoms with Crippen molar-refractivity contribution in [3.8, 4) is 17.2 Å². The van der Waals surface area contributed by atoms with E-state index in [-0.39, 0.29) is 18.4 Å². The van der Waals surface area contributed by atoms with Crippen molar-refractivity contribution in [3.05, 3.63) is 75.5 Å². The lowest BCUT2D eigenvalue weighted by Crippen LogP contribution is -2.40. The van der Waals surface area contributed by atoms with Crippen LogP contribution >= 0.6 is 11.3 Å². The van der Waals surface area contributed by atoms with Gasteiger partial charge < -0.3 is 19.1 Å². The Kier molecular flexibility index (Phi) is 4.77. The summed E-state index contributed by atoms with van der Waals surface area (Å²) in [6, 6.07) is 12.3. The normalized spacial score (nSPS) is 17.4. The zero-order chi connectivity index (χ0) is 21.6. The number of thiophene rings is 1. The highest BCUT2D eigenvalue weighted by Crippen LogP contribution is 2.40. The number of benzene rings is 2. The molecule has 0 bridgehead atoms. The molecule has 1 unspecified atom stereocenters. The van der Waals surface area contributed by atoms with Crippen LogP contribution in [0.5, 0.6) is 17.2 Å². The largest absolute Gasteiger partial charge is 0.573 e. The third kappa shape index (κ3) is 3.81. The second kappa shape index (κ2) is 7.49. The molecule has 1 amide bonds. The van der Waals surface area contributed by atoms with Gasteiger partial charge in [-0.05, 0) is 59.3 Å². The number of carbonyl (C=O) groups excluding carboxylic acids is 1. The van der Waals surface area contributed by atoms with Crippen molar-refractivity contribution in [2.45, 2.75) is 18.8 Å². The zero-order valence-corrected chi connectivity index (χ0v) is 16.8. The summed E-state index contributed by atoms with van der Waals surface area (Å²) in [6.45, 7) is 0.607. The van der Waals surface area contributed by atoms with Crippen molar-refractivity contribution in [1.29, 1.82) is 0 Å². The van der Waals surface area contributed by atoms with E-state index in [1.165, 1.54) is 12.1 Å². The first-order valence-electron chi connectivity index (χ1n) is 9.52. The molecule has 0 N–H and O–H groups in total. The Morgan fingerprint density at radius 1 is 1.06 bits per heavy atom. The molecule has 2 aliphatic heterocycles. The van der Waals surface area contributed by atoms with Crippen LogP contribution in [0.3, 0.4) is 0 Å². The number of amides is 1. The number of hydrogen-bond acceptors (Lipinski definition) is 5. The number of halogens is 3. The maximum Gasteiger partial charge on any atom is 0.573 e. The molecule has 31 heavy (non-hydrogen) atoms. The second-order valence-corrected chi connectivity index (χ2v) is 8.14. The van der Waals surface area contributed by atoms with Crippen LogP contribution in [0.25, 0.3) is 0 Å². The highest BCUT2D eigenvalue weighted by Gasteiger charge is 2.35. The van der Waals surface area contributed by atoms with Crippen LogP contribution in [0.1, 0.15) is 32.4 Å². The maximum atomic E-state index is 13.4. The molecular weight excluding hydrogens is 431 g/mol. The van der Waals surface area contributed by atoms with Crippen molar-refractivity contribution in [2.24, 2.45) is 0 Å². The molecule has 0 fully saturated rings. The number of ether oxygens (including phenoxy) is 3. The summed E-state index contributed by atoms with van der Waals surface area (Å²) in [6.07, 6.45) is -4.04. The average molecular weight is 447 g/mol. The molecule has 3 heterocycles. The molecule has 160 valence electrons. The van der Waals surface area contributed by atoms with Crippen molar-refractivity contribution < 1.29 is 32.2 Å². The Morgan fingerprint density at radius 2 is 1.84 bits per heavy atom. The van der Waals surface area contributed by atoms with Gasteiger partial charge in [0.25, 0.3) is 5.91 Å². The molecular formula is C22H16F3NO4S. The predicted molar refractivity (Wildman–Crippen MR) is 107 cm³/mol. The lowest BCUT2D eigenvalue weighted by molar-refractivity contribution is -0.274. The van der Waals surface area contributed by atoms with E-state index in [0.717, 1.165) is 16.9 Å². The van der Waals surface area contributed by atoms with E-state index in [2.05, 4.69) is 4.74 Å². The standard InChI is InChI=1S/C22H16F3NO4S/c23-22(24,25)30-15-4-1-13(2-5-15)20-16-8-10-31-19(16)7-9-26(20)21(27)14-3-6-17-18(11-14)29-12-28-17/h1-6,8,10-11,20H,7,9,12H2. The summed E-state index contributed by atoms with van der Waals surface area (Å²) in [7, 11) is 0.